The first-order valence-corrected chi connectivity index (χ1v) is 5.80. The number of ether oxygens (including phenoxy) is 1. The van der Waals surface area contributed by atoms with Crippen molar-refractivity contribution in [1.82, 2.24) is 4.98 Å². The first-order valence-electron chi connectivity index (χ1n) is 5.42. The number of rotatable bonds is 3. The summed E-state index contributed by atoms with van der Waals surface area (Å²) in [5.74, 6) is 0.663. The van der Waals surface area contributed by atoms with E-state index in [0.29, 0.717) is 16.3 Å². The predicted octanol–water partition coefficient (Wildman–Crippen LogP) is 3.28. The van der Waals surface area contributed by atoms with E-state index >= 15 is 0 Å². The van der Waals surface area contributed by atoms with Crippen molar-refractivity contribution in [3.63, 3.8) is 0 Å². The number of methoxy groups -OCH3 is 1. The van der Waals surface area contributed by atoms with Gasteiger partial charge in [-0.15, -0.1) is 0 Å². The number of benzene rings is 1. The van der Waals surface area contributed by atoms with Crippen LogP contribution in [0.3, 0.4) is 0 Å². The lowest BCUT2D eigenvalue weighted by Gasteiger charge is -2.07. The minimum absolute atomic E-state index is 0.0700. The maximum absolute atomic E-state index is 12.3. The lowest BCUT2D eigenvalue weighted by Crippen LogP contribution is -2.04. The molecule has 4 heteroatoms. The normalized spacial score (nSPS) is 10.2. The number of ketones is 1. The number of aromatic nitrogens is 1. The molecule has 92 valence electrons. The Morgan fingerprint density at radius 1 is 1.28 bits per heavy atom. The summed E-state index contributed by atoms with van der Waals surface area (Å²) >= 11 is 5.78. The largest absolute Gasteiger partial charge is 0.497 e. The second-order valence-electron chi connectivity index (χ2n) is 3.88. The fourth-order valence-corrected chi connectivity index (χ4v) is 1.89. The minimum Gasteiger partial charge on any atom is -0.497 e. The molecule has 0 radical (unpaired) electrons. The first-order chi connectivity index (χ1) is 8.61. The summed E-state index contributed by atoms with van der Waals surface area (Å²) in [7, 11) is 1.60. The van der Waals surface area contributed by atoms with Crippen molar-refractivity contribution in [3.05, 3.63) is 58.4 Å². The Labute approximate surface area is 110 Å². The molecule has 0 saturated heterocycles. The molecule has 0 amide bonds. The summed E-state index contributed by atoms with van der Waals surface area (Å²) in [5, 5.41) is 0.312. The van der Waals surface area contributed by atoms with Gasteiger partial charge in [-0.2, -0.15) is 0 Å². The lowest BCUT2D eigenvalue weighted by atomic mass is 10.00. The van der Waals surface area contributed by atoms with Crippen molar-refractivity contribution in [2.24, 2.45) is 0 Å². The van der Waals surface area contributed by atoms with Gasteiger partial charge in [-0.25, -0.2) is 4.98 Å². The Morgan fingerprint density at radius 3 is 2.67 bits per heavy atom. The van der Waals surface area contributed by atoms with Gasteiger partial charge in [0.25, 0.3) is 0 Å². The fraction of sp³-hybridized carbons (Fsp3) is 0.143. The Balaban J connectivity index is 2.40. The van der Waals surface area contributed by atoms with E-state index in [9.17, 15) is 4.79 Å². The summed E-state index contributed by atoms with van der Waals surface area (Å²) in [6, 6.07) is 8.56. The summed E-state index contributed by atoms with van der Waals surface area (Å²) in [6.45, 7) is 1.87. The number of carbonyl (C=O) groups excluding carboxylic acids is 1. The molecular formula is C14H12ClNO2. The number of hydrogen-bond donors (Lipinski definition) is 0. The van der Waals surface area contributed by atoms with Crippen LogP contribution in [0, 0.1) is 6.92 Å². The summed E-state index contributed by atoms with van der Waals surface area (Å²) < 4.78 is 5.11. The summed E-state index contributed by atoms with van der Waals surface area (Å²) in [6.07, 6.45) is 1.52. The molecule has 0 unspecified atom stereocenters. The minimum atomic E-state index is -0.0700. The number of pyridine rings is 1. The SMILES string of the molecule is COc1ccc(C(=O)c2ccnc(Cl)c2)c(C)c1. The molecule has 0 atom stereocenters. The zero-order valence-electron chi connectivity index (χ0n) is 10.1. The van der Waals surface area contributed by atoms with Gasteiger partial charge in [-0.3, -0.25) is 4.79 Å². The highest BCUT2D eigenvalue weighted by Crippen LogP contribution is 2.20. The molecule has 1 heterocycles. The van der Waals surface area contributed by atoms with Crippen LogP contribution in [0.15, 0.2) is 36.5 Å². The molecular weight excluding hydrogens is 250 g/mol. The topological polar surface area (TPSA) is 39.2 Å². The van der Waals surface area contributed by atoms with Gasteiger partial charge in [0.2, 0.25) is 0 Å². The molecule has 0 aliphatic rings. The maximum atomic E-state index is 12.3. The Bertz CT molecular complexity index is 596. The zero-order valence-corrected chi connectivity index (χ0v) is 10.9. The molecule has 0 spiro atoms. The third-order valence-electron chi connectivity index (χ3n) is 2.67. The van der Waals surface area contributed by atoms with Crippen LogP contribution in [0.4, 0.5) is 0 Å². The molecule has 0 N–H and O–H groups in total. The highest BCUT2D eigenvalue weighted by atomic mass is 35.5. The van der Waals surface area contributed by atoms with Crippen molar-refractivity contribution in [3.8, 4) is 5.75 Å². The molecule has 2 aromatic rings. The van der Waals surface area contributed by atoms with Crippen LogP contribution < -0.4 is 4.74 Å². The number of halogens is 1. The maximum Gasteiger partial charge on any atom is 0.193 e. The number of nitrogens with zero attached hydrogens (tertiary/aromatic N) is 1. The van der Waals surface area contributed by atoms with Crippen molar-refractivity contribution in [2.75, 3.05) is 7.11 Å². The third kappa shape index (κ3) is 2.51. The fourth-order valence-electron chi connectivity index (χ4n) is 1.72. The van der Waals surface area contributed by atoms with E-state index in [4.69, 9.17) is 16.3 Å². The molecule has 0 aliphatic carbocycles. The van der Waals surface area contributed by atoms with Gasteiger partial charge >= 0.3 is 0 Å². The van der Waals surface area contributed by atoms with Crippen LogP contribution in [0.2, 0.25) is 5.15 Å². The van der Waals surface area contributed by atoms with Crippen molar-refractivity contribution < 1.29 is 9.53 Å². The zero-order chi connectivity index (χ0) is 13.1. The van der Waals surface area contributed by atoms with Gasteiger partial charge in [-0.05, 0) is 42.8 Å². The van der Waals surface area contributed by atoms with Crippen LogP contribution in [-0.2, 0) is 0 Å². The average molecular weight is 262 g/mol. The number of carbonyl (C=O) groups is 1. The van der Waals surface area contributed by atoms with Crippen LogP contribution >= 0.6 is 11.6 Å². The molecule has 1 aromatic heterocycles. The molecule has 3 nitrogen and oxygen atoms in total. The van der Waals surface area contributed by atoms with E-state index < -0.39 is 0 Å². The lowest BCUT2D eigenvalue weighted by molar-refractivity contribution is 0.103. The van der Waals surface area contributed by atoms with Crippen LogP contribution in [0.5, 0.6) is 5.75 Å². The van der Waals surface area contributed by atoms with Crippen molar-refractivity contribution in [2.45, 2.75) is 6.92 Å². The molecule has 0 aliphatic heterocycles. The van der Waals surface area contributed by atoms with Gasteiger partial charge in [0.05, 0.1) is 7.11 Å². The third-order valence-corrected chi connectivity index (χ3v) is 2.87. The van der Waals surface area contributed by atoms with Gasteiger partial charge in [-0.1, -0.05) is 11.6 Å². The Hall–Kier alpha value is -1.87. The first kappa shape index (κ1) is 12.6. The molecule has 18 heavy (non-hydrogen) atoms. The van der Waals surface area contributed by atoms with Crippen molar-refractivity contribution >= 4 is 17.4 Å². The Kier molecular flexibility index (Phi) is 3.63. The highest BCUT2D eigenvalue weighted by molar-refractivity contribution is 6.30. The average Bonchev–Trinajstić information content (AvgIpc) is 2.37. The molecule has 1 aromatic carbocycles. The van der Waals surface area contributed by atoms with Gasteiger partial charge in [0, 0.05) is 17.3 Å². The number of hydrogen-bond acceptors (Lipinski definition) is 3. The van der Waals surface area contributed by atoms with Gasteiger partial charge in [0.15, 0.2) is 5.78 Å². The second kappa shape index (κ2) is 5.19. The predicted molar refractivity (Wildman–Crippen MR) is 70.4 cm³/mol. The molecule has 0 bridgehead atoms. The standard InChI is InChI=1S/C14H12ClNO2/c1-9-7-11(18-2)3-4-12(9)14(17)10-5-6-16-13(15)8-10/h3-8H,1-2H3. The summed E-state index contributed by atoms with van der Waals surface area (Å²) in [4.78, 5) is 16.2. The monoisotopic (exact) mass is 261 g/mol. The van der Waals surface area contributed by atoms with E-state index in [2.05, 4.69) is 4.98 Å². The van der Waals surface area contributed by atoms with E-state index in [0.717, 1.165) is 11.3 Å². The molecule has 0 fully saturated rings. The number of aryl methyl sites for hydroxylation is 1. The molecule has 0 saturated carbocycles. The van der Waals surface area contributed by atoms with E-state index in [1.165, 1.54) is 6.20 Å². The second-order valence-corrected chi connectivity index (χ2v) is 4.26. The van der Waals surface area contributed by atoms with Crippen LogP contribution in [-0.4, -0.2) is 17.9 Å². The van der Waals surface area contributed by atoms with Gasteiger partial charge < -0.3 is 4.74 Å². The van der Waals surface area contributed by atoms with Crippen LogP contribution in [0.1, 0.15) is 21.5 Å². The summed E-state index contributed by atoms with van der Waals surface area (Å²) in [5.41, 5.74) is 2.04. The highest BCUT2D eigenvalue weighted by Gasteiger charge is 2.12. The Morgan fingerprint density at radius 2 is 2.06 bits per heavy atom. The van der Waals surface area contributed by atoms with E-state index in [-0.39, 0.29) is 5.78 Å². The van der Waals surface area contributed by atoms with E-state index in [1.807, 2.05) is 13.0 Å². The quantitative estimate of drug-likeness (QED) is 0.629. The van der Waals surface area contributed by atoms with Gasteiger partial charge in [0.1, 0.15) is 10.9 Å². The van der Waals surface area contributed by atoms with E-state index in [1.54, 1.807) is 31.4 Å². The van der Waals surface area contributed by atoms with Crippen LogP contribution in [0.25, 0.3) is 0 Å². The van der Waals surface area contributed by atoms with Crippen molar-refractivity contribution in [1.29, 1.82) is 0 Å². The smallest absolute Gasteiger partial charge is 0.193 e. The molecule has 2 rings (SSSR count).